The summed E-state index contributed by atoms with van der Waals surface area (Å²) < 4.78 is 0. The first kappa shape index (κ1) is 19.9. The van der Waals surface area contributed by atoms with Crippen LogP contribution >= 0.6 is 0 Å². The van der Waals surface area contributed by atoms with Crippen LogP contribution in [0.15, 0.2) is 36.7 Å². The van der Waals surface area contributed by atoms with E-state index in [1.54, 1.807) is 12.4 Å². The molecule has 1 atom stereocenters. The van der Waals surface area contributed by atoms with Gasteiger partial charge in [0.25, 0.3) is 5.91 Å². The second-order valence-electron chi connectivity index (χ2n) is 7.27. The molecule has 0 aliphatic heterocycles. The van der Waals surface area contributed by atoms with Crippen LogP contribution in [0.2, 0.25) is 0 Å². The molecule has 5 heteroatoms. The number of carbonyl (C=O) groups excluding carboxylic acids is 1. The Morgan fingerprint density at radius 2 is 1.86 bits per heavy atom. The Kier molecular flexibility index (Phi) is 6.02. The van der Waals surface area contributed by atoms with Gasteiger partial charge in [-0.15, -0.1) is 0 Å². The molecule has 146 valence electrons. The second kappa shape index (κ2) is 8.46. The van der Waals surface area contributed by atoms with Crippen LogP contribution in [0.5, 0.6) is 0 Å². The van der Waals surface area contributed by atoms with Crippen LogP contribution in [0.4, 0.5) is 0 Å². The van der Waals surface area contributed by atoms with Crippen LogP contribution in [0.1, 0.15) is 55.4 Å². The molecule has 0 N–H and O–H groups in total. The number of rotatable bonds is 6. The number of hydrogen-bond acceptors (Lipinski definition) is 4. The van der Waals surface area contributed by atoms with Crippen molar-refractivity contribution in [1.82, 2.24) is 19.9 Å². The molecule has 28 heavy (non-hydrogen) atoms. The molecule has 3 aromatic rings. The number of carbonyl (C=O) groups is 1. The topological polar surface area (TPSA) is 59.0 Å². The maximum absolute atomic E-state index is 13.5. The number of amides is 1. The lowest BCUT2D eigenvalue weighted by Crippen LogP contribution is -2.38. The molecular weight excluding hydrogens is 348 g/mol. The van der Waals surface area contributed by atoms with Gasteiger partial charge in [-0.2, -0.15) is 0 Å². The smallest absolute Gasteiger partial charge is 0.254 e. The van der Waals surface area contributed by atoms with Crippen molar-refractivity contribution in [2.24, 2.45) is 0 Å². The number of aryl methyl sites for hydroxylation is 2. The molecule has 1 amide bonds. The van der Waals surface area contributed by atoms with Gasteiger partial charge in [0.1, 0.15) is 5.82 Å². The molecule has 1 aromatic carbocycles. The van der Waals surface area contributed by atoms with E-state index in [1.807, 2.05) is 49.9 Å². The number of fused-ring (bicyclic) bond motifs is 1. The predicted octanol–water partition coefficient (Wildman–Crippen LogP) is 4.96. The largest absolute Gasteiger partial charge is 0.336 e. The van der Waals surface area contributed by atoms with Crippen LogP contribution in [-0.2, 0) is 0 Å². The van der Waals surface area contributed by atoms with Crippen molar-refractivity contribution in [3.8, 4) is 11.3 Å². The van der Waals surface area contributed by atoms with Gasteiger partial charge in [0, 0.05) is 35.9 Å². The Morgan fingerprint density at radius 3 is 2.50 bits per heavy atom. The van der Waals surface area contributed by atoms with Crippen LogP contribution in [0.3, 0.4) is 0 Å². The summed E-state index contributed by atoms with van der Waals surface area (Å²) in [6, 6.07) is 8.07. The van der Waals surface area contributed by atoms with Crippen LogP contribution in [-0.4, -0.2) is 38.3 Å². The maximum Gasteiger partial charge on any atom is 0.254 e. The average molecular weight is 377 g/mol. The molecule has 0 saturated heterocycles. The molecule has 0 saturated carbocycles. The molecule has 0 bridgehead atoms. The van der Waals surface area contributed by atoms with Crippen molar-refractivity contribution in [1.29, 1.82) is 0 Å². The lowest BCUT2D eigenvalue weighted by atomic mass is 10.0. The molecule has 0 radical (unpaired) electrons. The number of para-hydroxylation sites is 1. The Bertz CT molecular complexity index is 982. The fourth-order valence-electron chi connectivity index (χ4n) is 3.63. The summed E-state index contributed by atoms with van der Waals surface area (Å²) in [7, 11) is 0. The Morgan fingerprint density at radius 1 is 1.14 bits per heavy atom. The van der Waals surface area contributed by atoms with Crippen LogP contribution in [0, 0.1) is 13.8 Å². The lowest BCUT2D eigenvalue weighted by molar-refractivity contribution is 0.0697. The predicted molar refractivity (Wildman–Crippen MR) is 113 cm³/mol. The number of hydrogen-bond donors (Lipinski definition) is 0. The third-order valence-corrected chi connectivity index (χ3v) is 5.19. The fourth-order valence-corrected chi connectivity index (χ4v) is 3.63. The standard InChI is InChI=1S/C23H28N4O/c1-6-9-16(4)27(7-2)23(28)20-12-21(18-13-24-17(5)25-14-18)26-22-15(3)10-8-11-19(20)22/h8,10-14,16H,6-7,9H2,1-5H3/t16-/m1/s1. The quantitative estimate of drug-likeness (QED) is 0.610. The molecule has 0 spiro atoms. The zero-order valence-electron chi connectivity index (χ0n) is 17.4. The molecule has 2 heterocycles. The molecule has 2 aromatic heterocycles. The van der Waals surface area contributed by atoms with Gasteiger partial charge in [0.05, 0.1) is 16.8 Å². The molecule has 3 rings (SSSR count). The highest BCUT2D eigenvalue weighted by atomic mass is 16.2. The summed E-state index contributed by atoms with van der Waals surface area (Å²) in [5, 5.41) is 0.893. The summed E-state index contributed by atoms with van der Waals surface area (Å²) in [5.41, 5.74) is 4.13. The minimum Gasteiger partial charge on any atom is -0.336 e. The molecule has 0 aliphatic carbocycles. The molecule has 0 aliphatic rings. The Balaban J connectivity index is 2.18. The first-order chi connectivity index (χ1) is 13.5. The van der Waals surface area contributed by atoms with Gasteiger partial charge < -0.3 is 4.90 Å². The third kappa shape index (κ3) is 3.88. The van der Waals surface area contributed by atoms with Crippen LogP contribution in [0.25, 0.3) is 22.2 Å². The van der Waals surface area contributed by atoms with Crippen LogP contribution < -0.4 is 0 Å². The highest BCUT2D eigenvalue weighted by Crippen LogP contribution is 2.28. The first-order valence-corrected chi connectivity index (χ1v) is 9.96. The van der Waals surface area contributed by atoms with Gasteiger partial charge in [0.2, 0.25) is 0 Å². The van der Waals surface area contributed by atoms with Crippen molar-refractivity contribution in [2.45, 2.75) is 53.5 Å². The zero-order valence-corrected chi connectivity index (χ0v) is 17.4. The SMILES string of the molecule is CCC[C@@H](C)N(CC)C(=O)c1cc(-c2cnc(C)nc2)nc2c(C)cccc12. The molecular formula is C23H28N4O. The summed E-state index contributed by atoms with van der Waals surface area (Å²) in [4.78, 5) is 28.9. The van der Waals surface area contributed by atoms with E-state index in [4.69, 9.17) is 4.98 Å². The normalized spacial score (nSPS) is 12.2. The molecule has 0 fully saturated rings. The Hall–Kier alpha value is -2.82. The number of nitrogens with zero attached hydrogens (tertiary/aromatic N) is 4. The number of aromatic nitrogens is 3. The van der Waals surface area contributed by atoms with Gasteiger partial charge >= 0.3 is 0 Å². The summed E-state index contributed by atoms with van der Waals surface area (Å²) >= 11 is 0. The Labute approximate surface area is 166 Å². The number of benzene rings is 1. The van der Waals surface area contributed by atoms with Crippen molar-refractivity contribution in [2.75, 3.05) is 6.54 Å². The van der Waals surface area contributed by atoms with E-state index in [0.717, 1.165) is 40.6 Å². The highest BCUT2D eigenvalue weighted by Gasteiger charge is 2.23. The van der Waals surface area contributed by atoms with E-state index >= 15 is 0 Å². The van der Waals surface area contributed by atoms with Gasteiger partial charge in [-0.25, -0.2) is 15.0 Å². The van der Waals surface area contributed by atoms with E-state index in [-0.39, 0.29) is 11.9 Å². The molecule has 5 nitrogen and oxygen atoms in total. The van der Waals surface area contributed by atoms with Gasteiger partial charge in [0.15, 0.2) is 0 Å². The minimum atomic E-state index is 0.0516. The summed E-state index contributed by atoms with van der Waals surface area (Å²) in [6.45, 7) is 10.9. The van der Waals surface area contributed by atoms with Gasteiger partial charge in [-0.3, -0.25) is 4.79 Å². The van der Waals surface area contributed by atoms with Crippen molar-refractivity contribution in [3.05, 3.63) is 53.6 Å². The van der Waals surface area contributed by atoms with Crippen molar-refractivity contribution < 1.29 is 4.79 Å². The lowest BCUT2D eigenvalue weighted by Gasteiger charge is -2.28. The van der Waals surface area contributed by atoms with E-state index < -0.39 is 0 Å². The van der Waals surface area contributed by atoms with Gasteiger partial charge in [-0.05, 0) is 45.7 Å². The van der Waals surface area contributed by atoms with E-state index in [1.165, 1.54) is 0 Å². The molecule has 0 unspecified atom stereocenters. The third-order valence-electron chi connectivity index (χ3n) is 5.19. The monoisotopic (exact) mass is 376 g/mol. The second-order valence-corrected chi connectivity index (χ2v) is 7.27. The highest BCUT2D eigenvalue weighted by molar-refractivity contribution is 6.07. The summed E-state index contributed by atoms with van der Waals surface area (Å²) in [5.74, 6) is 0.762. The van der Waals surface area contributed by atoms with Crippen molar-refractivity contribution in [3.63, 3.8) is 0 Å². The van der Waals surface area contributed by atoms with E-state index in [0.29, 0.717) is 17.9 Å². The minimum absolute atomic E-state index is 0.0516. The zero-order chi connectivity index (χ0) is 20.3. The van der Waals surface area contributed by atoms with Crippen molar-refractivity contribution >= 4 is 16.8 Å². The number of pyridine rings is 1. The first-order valence-electron chi connectivity index (χ1n) is 9.96. The maximum atomic E-state index is 13.5. The average Bonchev–Trinajstić information content (AvgIpc) is 2.69. The van der Waals surface area contributed by atoms with E-state index in [2.05, 4.69) is 23.8 Å². The fraction of sp³-hybridized carbons (Fsp3) is 0.391. The van der Waals surface area contributed by atoms with E-state index in [9.17, 15) is 4.79 Å². The summed E-state index contributed by atoms with van der Waals surface area (Å²) in [6.07, 6.45) is 5.56. The van der Waals surface area contributed by atoms with Gasteiger partial charge in [-0.1, -0.05) is 31.5 Å².